The summed E-state index contributed by atoms with van der Waals surface area (Å²) in [6, 6.07) is 20.4. The van der Waals surface area contributed by atoms with Gasteiger partial charge in [-0.25, -0.2) is 0 Å². The number of benzene rings is 3. The molecule has 3 aromatic carbocycles. The van der Waals surface area contributed by atoms with E-state index in [9.17, 15) is 10.1 Å². The van der Waals surface area contributed by atoms with Gasteiger partial charge in [-0.2, -0.15) is 5.26 Å². The summed E-state index contributed by atoms with van der Waals surface area (Å²) in [4.78, 5) is 12.6. The van der Waals surface area contributed by atoms with Crippen LogP contribution in [0, 0.1) is 18.3 Å². The van der Waals surface area contributed by atoms with Gasteiger partial charge in [0.1, 0.15) is 24.0 Å². The third-order valence-corrected chi connectivity index (χ3v) is 5.97. The van der Waals surface area contributed by atoms with Crippen LogP contribution in [0.4, 0.5) is 5.69 Å². The predicted octanol–water partition coefficient (Wildman–Crippen LogP) is 7.30. The summed E-state index contributed by atoms with van der Waals surface area (Å²) in [5.74, 6) is 0.128. The van der Waals surface area contributed by atoms with E-state index in [0.29, 0.717) is 37.6 Å². The van der Waals surface area contributed by atoms with Gasteiger partial charge in [0, 0.05) is 16.3 Å². The first-order chi connectivity index (χ1) is 14.9. The number of nitrogens with zero attached hydrogens (tertiary/aromatic N) is 1. The van der Waals surface area contributed by atoms with E-state index in [1.165, 1.54) is 6.08 Å². The van der Waals surface area contributed by atoms with Gasteiger partial charge >= 0.3 is 0 Å². The van der Waals surface area contributed by atoms with E-state index in [1.807, 2.05) is 55.5 Å². The fourth-order valence-corrected chi connectivity index (χ4v) is 4.43. The van der Waals surface area contributed by atoms with Gasteiger partial charge in [0.2, 0.25) is 0 Å². The number of nitrogens with one attached hydrogen (secondary N) is 1. The van der Waals surface area contributed by atoms with Crippen molar-refractivity contribution in [2.45, 2.75) is 13.5 Å². The van der Waals surface area contributed by atoms with Crippen LogP contribution in [0.15, 0.2) is 75.2 Å². The summed E-state index contributed by atoms with van der Waals surface area (Å²) < 4.78 is 7.27. The number of anilines is 1. The van der Waals surface area contributed by atoms with Crippen molar-refractivity contribution >= 4 is 61.1 Å². The van der Waals surface area contributed by atoms with Crippen LogP contribution >= 0.6 is 43.5 Å². The maximum absolute atomic E-state index is 12.6. The molecule has 0 fully saturated rings. The molecule has 31 heavy (non-hydrogen) atoms. The fraction of sp³-hybridized carbons (Fsp3) is 0.0833. The van der Waals surface area contributed by atoms with Crippen molar-refractivity contribution in [2.75, 3.05) is 5.32 Å². The minimum absolute atomic E-state index is 0.00760. The summed E-state index contributed by atoms with van der Waals surface area (Å²) in [7, 11) is 0. The minimum atomic E-state index is -0.469. The molecule has 0 spiro atoms. The predicted molar refractivity (Wildman–Crippen MR) is 131 cm³/mol. The summed E-state index contributed by atoms with van der Waals surface area (Å²) in [6.07, 6.45) is 1.53. The fourth-order valence-electron chi connectivity index (χ4n) is 2.78. The maximum atomic E-state index is 12.6. The van der Waals surface area contributed by atoms with Gasteiger partial charge in [0.15, 0.2) is 0 Å². The number of carbonyl (C=O) groups excluding carboxylic acids is 1. The molecule has 1 amide bonds. The van der Waals surface area contributed by atoms with E-state index < -0.39 is 5.91 Å². The van der Waals surface area contributed by atoms with Crippen LogP contribution in [0.25, 0.3) is 6.08 Å². The zero-order chi connectivity index (χ0) is 22.4. The van der Waals surface area contributed by atoms with Crippen molar-refractivity contribution in [1.82, 2.24) is 0 Å². The third-order valence-electron chi connectivity index (χ3n) is 4.42. The van der Waals surface area contributed by atoms with Crippen molar-refractivity contribution in [3.63, 3.8) is 0 Å². The van der Waals surface area contributed by atoms with Crippen LogP contribution in [-0.4, -0.2) is 5.91 Å². The molecule has 0 heterocycles. The third kappa shape index (κ3) is 5.98. The number of aryl methyl sites for hydroxylation is 1. The Labute approximate surface area is 202 Å². The topological polar surface area (TPSA) is 62.1 Å². The van der Waals surface area contributed by atoms with Crippen LogP contribution in [0.3, 0.4) is 0 Å². The summed E-state index contributed by atoms with van der Waals surface area (Å²) in [5.41, 5.74) is 3.11. The zero-order valence-electron chi connectivity index (χ0n) is 16.5. The first-order valence-corrected chi connectivity index (χ1v) is 11.2. The van der Waals surface area contributed by atoms with Crippen LogP contribution in [0.2, 0.25) is 5.02 Å². The minimum Gasteiger partial charge on any atom is -0.486 e. The van der Waals surface area contributed by atoms with Gasteiger partial charge in [0.05, 0.1) is 8.95 Å². The molecule has 0 aromatic heterocycles. The Balaban J connectivity index is 1.80. The molecule has 0 saturated heterocycles. The van der Waals surface area contributed by atoms with Crippen molar-refractivity contribution in [3.8, 4) is 11.8 Å². The van der Waals surface area contributed by atoms with Gasteiger partial charge < -0.3 is 10.1 Å². The number of para-hydroxylation sites is 1. The lowest BCUT2D eigenvalue weighted by atomic mass is 10.1. The second-order valence-electron chi connectivity index (χ2n) is 6.63. The molecule has 3 rings (SSSR count). The average molecular weight is 561 g/mol. The number of halogens is 3. The normalized spacial score (nSPS) is 11.0. The van der Waals surface area contributed by atoms with E-state index in [1.54, 1.807) is 18.2 Å². The van der Waals surface area contributed by atoms with Crippen LogP contribution < -0.4 is 10.1 Å². The Kier molecular flexibility index (Phi) is 7.91. The van der Waals surface area contributed by atoms with E-state index in [0.717, 1.165) is 11.1 Å². The van der Waals surface area contributed by atoms with Crippen LogP contribution in [0.5, 0.6) is 5.75 Å². The molecule has 1 N–H and O–H groups in total. The standard InChI is InChI=1S/C24H17Br2ClN2O2/c1-15-6-2-5-9-22(15)29-24(30)18(13-28)10-16-11-19(25)23(20(26)12-16)31-14-17-7-3-4-8-21(17)27/h2-12H,14H2,1H3,(H,29,30)/b18-10-. The lowest BCUT2D eigenvalue weighted by Crippen LogP contribution is -2.14. The monoisotopic (exact) mass is 558 g/mol. The molecule has 3 aromatic rings. The number of nitriles is 1. The first kappa shape index (κ1) is 23.1. The van der Waals surface area contributed by atoms with Gasteiger partial charge in [-0.1, -0.05) is 48.0 Å². The molecule has 0 aliphatic rings. The molecule has 7 heteroatoms. The molecule has 0 unspecified atom stereocenters. The highest BCUT2D eigenvalue weighted by Gasteiger charge is 2.14. The number of hydrogen-bond donors (Lipinski definition) is 1. The lowest BCUT2D eigenvalue weighted by Gasteiger charge is -2.12. The molecular formula is C24H17Br2ClN2O2. The van der Waals surface area contributed by atoms with Crippen LogP contribution in [0.1, 0.15) is 16.7 Å². The van der Waals surface area contributed by atoms with Crippen molar-refractivity contribution in [2.24, 2.45) is 0 Å². The molecule has 0 bridgehead atoms. The molecule has 0 aliphatic heterocycles. The van der Waals surface area contributed by atoms with Gasteiger partial charge in [-0.3, -0.25) is 4.79 Å². The Morgan fingerprint density at radius 3 is 2.42 bits per heavy atom. The second kappa shape index (κ2) is 10.6. The van der Waals surface area contributed by atoms with Crippen LogP contribution in [-0.2, 0) is 11.4 Å². The van der Waals surface area contributed by atoms with E-state index in [4.69, 9.17) is 16.3 Å². The number of hydrogen-bond acceptors (Lipinski definition) is 3. The average Bonchev–Trinajstić information content (AvgIpc) is 2.74. The van der Waals surface area contributed by atoms with Crippen molar-refractivity contribution in [3.05, 3.63) is 96.9 Å². The molecule has 0 aliphatic carbocycles. The summed E-state index contributed by atoms with van der Waals surface area (Å²) in [6.45, 7) is 2.19. The molecule has 156 valence electrons. The second-order valence-corrected chi connectivity index (χ2v) is 8.75. The highest BCUT2D eigenvalue weighted by Crippen LogP contribution is 2.36. The van der Waals surface area contributed by atoms with Gasteiger partial charge in [0.25, 0.3) is 5.91 Å². The summed E-state index contributed by atoms with van der Waals surface area (Å²) in [5, 5.41) is 12.9. The van der Waals surface area contributed by atoms with Gasteiger partial charge in [-0.15, -0.1) is 0 Å². The first-order valence-electron chi connectivity index (χ1n) is 9.23. The van der Waals surface area contributed by atoms with Crippen molar-refractivity contribution < 1.29 is 9.53 Å². The Morgan fingerprint density at radius 1 is 1.13 bits per heavy atom. The smallest absolute Gasteiger partial charge is 0.266 e. The highest BCUT2D eigenvalue weighted by molar-refractivity contribution is 9.11. The quantitative estimate of drug-likeness (QED) is 0.254. The Hall–Kier alpha value is -2.59. The molecule has 4 nitrogen and oxygen atoms in total. The molecule has 0 saturated carbocycles. The zero-order valence-corrected chi connectivity index (χ0v) is 20.4. The van der Waals surface area contributed by atoms with Gasteiger partial charge in [-0.05, 0) is 80.3 Å². The number of carbonyl (C=O) groups is 1. The molecular weight excluding hydrogens is 544 g/mol. The Bertz CT molecular complexity index is 1180. The summed E-state index contributed by atoms with van der Waals surface area (Å²) >= 11 is 13.2. The van der Waals surface area contributed by atoms with E-state index in [-0.39, 0.29) is 5.57 Å². The van der Waals surface area contributed by atoms with E-state index in [2.05, 4.69) is 37.2 Å². The molecule has 0 radical (unpaired) electrons. The van der Waals surface area contributed by atoms with Crippen molar-refractivity contribution in [1.29, 1.82) is 5.26 Å². The molecule has 0 atom stereocenters. The van der Waals surface area contributed by atoms with E-state index >= 15 is 0 Å². The lowest BCUT2D eigenvalue weighted by molar-refractivity contribution is -0.112. The number of amides is 1. The maximum Gasteiger partial charge on any atom is 0.266 e. The Morgan fingerprint density at radius 2 is 1.77 bits per heavy atom. The number of ether oxygens (including phenoxy) is 1. The SMILES string of the molecule is Cc1ccccc1NC(=O)/C(C#N)=C\c1cc(Br)c(OCc2ccccc2Cl)c(Br)c1. The number of rotatable bonds is 6. The largest absolute Gasteiger partial charge is 0.486 e. The highest BCUT2D eigenvalue weighted by atomic mass is 79.9.